The predicted octanol–water partition coefficient (Wildman–Crippen LogP) is 3.15. The van der Waals surface area contributed by atoms with Crippen LogP contribution in [0.3, 0.4) is 0 Å². The summed E-state index contributed by atoms with van der Waals surface area (Å²) in [7, 11) is 1.95. The Labute approximate surface area is 104 Å². The summed E-state index contributed by atoms with van der Waals surface area (Å²) in [6, 6.07) is 8.78. The molecule has 0 unspecified atom stereocenters. The molecule has 0 fully saturated rings. The smallest absolute Gasteiger partial charge is 0.127 e. The Kier molecular flexibility index (Phi) is 3.64. The molecule has 0 amide bonds. The van der Waals surface area contributed by atoms with E-state index in [1.807, 2.05) is 18.0 Å². The molecule has 2 nitrogen and oxygen atoms in total. The van der Waals surface area contributed by atoms with Crippen molar-refractivity contribution in [2.45, 2.75) is 6.42 Å². The number of rotatable bonds is 4. The number of anilines is 2. The Morgan fingerprint density at radius 2 is 2.18 bits per heavy atom. The lowest BCUT2D eigenvalue weighted by atomic mass is 10.2. The number of thiophene rings is 1. The van der Waals surface area contributed by atoms with Gasteiger partial charge in [0.1, 0.15) is 5.82 Å². The number of nitrogens with two attached hydrogens (primary N) is 1. The van der Waals surface area contributed by atoms with E-state index in [4.69, 9.17) is 5.73 Å². The van der Waals surface area contributed by atoms with Gasteiger partial charge in [0.2, 0.25) is 0 Å². The van der Waals surface area contributed by atoms with Crippen LogP contribution in [-0.4, -0.2) is 13.6 Å². The maximum absolute atomic E-state index is 13.2. The number of nitrogen functional groups attached to an aromatic ring is 1. The highest BCUT2D eigenvalue weighted by atomic mass is 32.1. The molecule has 0 spiro atoms. The molecule has 1 aromatic heterocycles. The lowest BCUT2D eigenvalue weighted by Crippen LogP contribution is -2.20. The summed E-state index contributed by atoms with van der Waals surface area (Å²) in [5.41, 5.74) is 6.90. The molecule has 2 N–H and O–H groups in total. The zero-order chi connectivity index (χ0) is 12.3. The van der Waals surface area contributed by atoms with Gasteiger partial charge in [-0.1, -0.05) is 6.07 Å². The second kappa shape index (κ2) is 5.19. The summed E-state index contributed by atoms with van der Waals surface area (Å²) < 4.78 is 13.2. The Morgan fingerprint density at radius 1 is 1.35 bits per heavy atom. The standard InChI is InChI=1S/C13H15FN2S/c1-16(5-4-13-3-2-6-17-13)12-8-10(14)7-11(15)9-12/h2-3,6-9H,4-5,15H2,1H3. The average molecular weight is 250 g/mol. The van der Waals surface area contributed by atoms with E-state index >= 15 is 0 Å². The second-order valence-corrected chi connectivity index (χ2v) is 5.03. The minimum Gasteiger partial charge on any atom is -0.399 e. The summed E-state index contributed by atoms with van der Waals surface area (Å²) in [5.74, 6) is -0.289. The van der Waals surface area contributed by atoms with Crippen LogP contribution in [0.15, 0.2) is 35.7 Å². The molecule has 1 aromatic carbocycles. The van der Waals surface area contributed by atoms with Crippen molar-refractivity contribution in [3.8, 4) is 0 Å². The molecule has 2 rings (SSSR count). The van der Waals surface area contributed by atoms with Gasteiger partial charge in [0.15, 0.2) is 0 Å². The zero-order valence-electron chi connectivity index (χ0n) is 9.69. The molecule has 0 saturated carbocycles. The number of likely N-dealkylation sites (N-methyl/N-ethyl adjacent to an activating group) is 1. The Morgan fingerprint density at radius 3 is 2.82 bits per heavy atom. The fraction of sp³-hybridized carbons (Fsp3) is 0.231. The van der Waals surface area contributed by atoms with E-state index in [0.29, 0.717) is 5.69 Å². The fourth-order valence-corrected chi connectivity index (χ4v) is 2.38. The summed E-state index contributed by atoms with van der Waals surface area (Å²) in [6.07, 6.45) is 0.963. The van der Waals surface area contributed by atoms with Crippen molar-refractivity contribution < 1.29 is 4.39 Å². The van der Waals surface area contributed by atoms with Gasteiger partial charge in [-0.25, -0.2) is 4.39 Å². The topological polar surface area (TPSA) is 29.3 Å². The first-order valence-electron chi connectivity index (χ1n) is 5.45. The van der Waals surface area contributed by atoms with E-state index < -0.39 is 0 Å². The highest BCUT2D eigenvalue weighted by molar-refractivity contribution is 7.09. The van der Waals surface area contributed by atoms with Crippen molar-refractivity contribution in [3.63, 3.8) is 0 Å². The minimum atomic E-state index is -0.289. The Bertz CT molecular complexity index is 462. The number of hydrogen-bond donors (Lipinski definition) is 1. The highest BCUT2D eigenvalue weighted by Crippen LogP contribution is 2.19. The normalized spacial score (nSPS) is 10.5. The van der Waals surface area contributed by atoms with E-state index in [1.54, 1.807) is 17.4 Å². The molecule has 0 saturated heterocycles. The molecular formula is C13H15FN2S. The summed E-state index contributed by atoms with van der Waals surface area (Å²) >= 11 is 1.74. The van der Waals surface area contributed by atoms with Gasteiger partial charge in [0, 0.05) is 29.8 Å². The van der Waals surface area contributed by atoms with Crippen molar-refractivity contribution in [2.75, 3.05) is 24.2 Å². The van der Waals surface area contributed by atoms with Crippen LogP contribution in [0.5, 0.6) is 0 Å². The molecule has 2 aromatic rings. The molecule has 4 heteroatoms. The fourth-order valence-electron chi connectivity index (χ4n) is 1.68. The first-order chi connectivity index (χ1) is 8.15. The van der Waals surface area contributed by atoms with Crippen molar-refractivity contribution in [2.24, 2.45) is 0 Å². The molecule has 0 bridgehead atoms. The van der Waals surface area contributed by atoms with Crippen molar-refractivity contribution >= 4 is 22.7 Å². The second-order valence-electron chi connectivity index (χ2n) is 3.99. The van der Waals surface area contributed by atoms with E-state index in [2.05, 4.69) is 11.4 Å². The van der Waals surface area contributed by atoms with Gasteiger partial charge in [-0.15, -0.1) is 11.3 Å². The van der Waals surface area contributed by atoms with Gasteiger partial charge < -0.3 is 10.6 Å². The van der Waals surface area contributed by atoms with E-state index in [1.165, 1.54) is 17.0 Å². The van der Waals surface area contributed by atoms with Crippen LogP contribution < -0.4 is 10.6 Å². The number of hydrogen-bond acceptors (Lipinski definition) is 3. The predicted molar refractivity (Wildman–Crippen MR) is 72.1 cm³/mol. The first kappa shape index (κ1) is 11.9. The molecule has 17 heavy (non-hydrogen) atoms. The van der Waals surface area contributed by atoms with Crippen LogP contribution in [0.1, 0.15) is 4.88 Å². The van der Waals surface area contributed by atoms with Crippen LogP contribution in [-0.2, 0) is 6.42 Å². The van der Waals surface area contributed by atoms with E-state index in [-0.39, 0.29) is 5.82 Å². The summed E-state index contributed by atoms with van der Waals surface area (Å²) in [5, 5.41) is 2.06. The van der Waals surface area contributed by atoms with Gasteiger partial charge in [-0.2, -0.15) is 0 Å². The van der Waals surface area contributed by atoms with Gasteiger partial charge >= 0.3 is 0 Å². The largest absolute Gasteiger partial charge is 0.399 e. The number of halogens is 1. The first-order valence-corrected chi connectivity index (χ1v) is 6.33. The molecule has 0 aliphatic heterocycles. The van der Waals surface area contributed by atoms with Gasteiger partial charge in [0.25, 0.3) is 0 Å². The van der Waals surface area contributed by atoms with Crippen LogP contribution in [0.2, 0.25) is 0 Å². The van der Waals surface area contributed by atoms with Crippen LogP contribution in [0.4, 0.5) is 15.8 Å². The monoisotopic (exact) mass is 250 g/mol. The molecule has 0 radical (unpaired) electrons. The van der Waals surface area contributed by atoms with Crippen molar-refractivity contribution in [3.05, 3.63) is 46.4 Å². The van der Waals surface area contributed by atoms with Crippen molar-refractivity contribution in [1.29, 1.82) is 0 Å². The molecular weight excluding hydrogens is 235 g/mol. The summed E-state index contributed by atoms with van der Waals surface area (Å²) in [6.45, 7) is 0.851. The highest BCUT2D eigenvalue weighted by Gasteiger charge is 2.04. The molecule has 0 atom stereocenters. The molecule has 1 heterocycles. The number of benzene rings is 1. The van der Waals surface area contributed by atoms with Crippen molar-refractivity contribution in [1.82, 2.24) is 0 Å². The van der Waals surface area contributed by atoms with Crippen LogP contribution >= 0.6 is 11.3 Å². The third kappa shape index (κ3) is 3.20. The lowest BCUT2D eigenvalue weighted by molar-refractivity contribution is 0.628. The van der Waals surface area contributed by atoms with E-state index in [9.17, 15) is 4.39 Å². The number of nitrogens with zero attached hydrogens (tertiary/aromatic N) is 1. The minimum absolute atomic E-state index is 0.289. The Balaban J connectivity index is 2.01. The zero-order valence-corrected chi connectivity index (χ0v) is 10.5. The lowest BCUT2D eigenvalue weighted by Gasteiger charge is -2.19. The van der Waals surface area contributed by atoms with Gasteiger partial charge in [0.05, 0.1) is 0 Å². The van der Waals surface area contributed by atoms with Gasteiger partial charge in [-0.3, -0.25) is 0 Å². The maximum Gasteiger partial charge on any atom is 0.127 e. The third-order valence-corrected chi connectivity index (χ3v) is 3.56. The van der Waals surface area contributed by atoms with Gasteiger partial charge in [-0.05, 0) is 36.1 Å². The molecule has 90 valence electrons. The maximum atomic E-state index is 13.2. The molecule has 0 aliphatic carbocycles. The SMILES string of the molecule is CN(CCc1cccs1)c1cc(N)cc(F)c1. The summed E-state index contributed by atoms with van der Waals surface area (Å²) in [4.78, 5) is 3.35. The average Bonchev–Trinajstić information content (AvgIpc) is 2.77. The quantitative estimate of drug-likeness (QED) is 0.845. The molecule has 0 aliphatic rings. The third-order valence-electron chi connectivity index (χ3n) is 2.62. The van der Waals surface area contributed by atoms with Crippen LogP contribution in [0.25, 0.3) is 0 Å². The van der Waals surface area contributed by atoms with Crippen LogP contribution in [0, 0.1) is 5.82 Å². The van der Waals surface area contributed by atoms with E-state index in [0.717, 1.165) is 18.7 Å². The Hall–Kier alpha value is -1.55.